The maximum atomic E-state index is 12.3. The number of carbonyl (C=O) groups is 1. The lowest BCUT2D eigenvalue weighted by Gasteiger charge is -2.06. The van der Waals surface area contributed by atoms with Crippen molar-refractivity contribution in [3.05, 3.63) is 70.8 Å². The van der Waals surface area contributed by atoms with Gasteiger partial charge in [-0.15, -0.1) is 0 Å². The lowest BCUT2D eigenvalue weighted by Crippen LogP contribution is -2.10. The minimum absolute atomic E-state index is 0.0150. The Morgan fingerprint density at radius 3 is 2.30 bits per heavy atom. The van der Waals surface area contributed by atoms with Crippen molar-refractivity contribution in [1.82, 2.24) is 0 Å². The zero-order valence-electron chi connectivity index (χ0n) is 16.2. The van der Waals surface area contributed by atoms with Gasteiger partial charge in [0.25, 0.3) is 0 Å². The second kappa shape index (κ2) is 11.0. The third kappa shape index (κ3) is 7.11. The summed E-state index contributed by atoms with van der Waals surface area (Å²) in [6.45, 7) is 4.20. The van der Waals surface area contributed by atoms with E-state index in [9.17, 15) is 10.1 Å². The molecule has 0 saturated heterocycles. The van der Waals surface area contributed by atoms with Crippen molar-refractivity contribution >= 4 is 12.0 Å². The highest BCUT2D eigenvalue weighted by molar-refractivity contribution is 5.99. The number of carbonyl (C=O) groups excluding carboxylic acids is 1. The molecule has 2 rings (SSSR count). The standard InChI is InChI=1S/C24H27NO2/c1-3-4-5-6-7-8-20-13-15-23(16-14-20)27-24(26)22(18-25)17-21-11-9-19(2)10-12-21/h9-17H,3-8H2,1-2H3. The Morgan fingerprint density at radius 1 is 1.00 bits per heavy atom. The van der Waals surface area contributed by atoms with E-state index < -0.39 is 5.97 Å². The van der Waals surface area contributed by atoms with Gasteiger partial charge >= 0.3 is 5.97 Å². The first-order chi connectivity index (χ1) is 13.1. The fourth-order valence-electron chi connectivity index (χ4n) is 2.79. The normalized spacial score (nSPS) is 11.1. The molecule has 140 valence electrons. The predicted octanol–water partition coefficient (Wildman–Crippen LogP) is 6.02. The van der Waals surface area contributed by atoms with E-state index in [2.05, 4.69) is 6.92 Å². The average Bonchev–Trinajstić information content (AvgIpc) is 2.68. The van der Waals surface area contributed by atoms with Crippen LogP contribution in [0, 0.1) is 18.3 Å². The van der Waals surface area contributed by atoms with Gasteiger partial charge in [0.15, 0.2) is 0 Å². The highest BCUT2D eigenvalue weighted by atomic mass is 16.5. The summed E-state index contributed by atoms with van der Waals surface area (Å²) in [7, 11) is 0. The molecule has 0 aliphatic carbocycles. The van der Waals surface area contributed by atoms with E-state index in [1.54, 1.807) is 18.2 Å². The quantitative estimate of drug-likeness (QED) is 0.180. The summed E-state index contributed by atoms with van der Waals surface area (Å²) in [6, 6.07) is 17.1. The fraction of sp³-hybridized carbons (Fsp3) is 0.333. The van der Waals surface area contributed by atoms with E-state index in [0.717, 1.165) is 17.5 Å². The molecule has 0 aliphatic rings. The molecule has 0 bridgehead atoms. The summed E-state index contributed by atoms with van der Waals surface area (Å²) >= 11 is 0. The summed E-state index contributed by atoms with van der Waals surface area (Å²) in [4.78, 5) is 12.3. The van der Waals surface area contributed by atoms with Gasteiger partial charge in [-0.25, -0.2) is 4.79 Å². The first-order valence-corrected chi connectivity index (χ1v) is 9.62. The van der Waals surface area contributed by atoms with E-state index in [4.69, 9.17) is 4.74 Å². The van der Waals surface area contributed by atoms with Crippen LogP contribution in [0.25, 0.3) is 6.08 Å². The molecular weight excluding hydrogens is 334 g/mol. The highest BCUT2D eigenvalue weighted by Gasteiger charge is 2.12. The van der Waals surface area contributed by atoms with Crippen LogP contribution < -0.4 is 4.74 Å². The molecule has 2 aromatic carbocycles. The van der Waals surface area contributed by atoms with Crippen molar-refractivity contribution in [3.63, 3.8) is 0 Å². The molecule has 0 saturated carbocycles. The third-order valence-corrected chi connectivity index (χ3v) is 4.43. The van der Waals surface area contributed by atoms with Crippen LogP contribution >= 0.6 is 0 Å². The number of rotatable bonds is 9. The Hall–Kier alpha value is -2.86. The molecule has 0 atom stereocenters. The van der Waals surface area contributed by atoms with Crippen LogP contribution in [0.5, 0.6) is 5.75 Å². The van der Waals surface area contributed by atoms with Crippen LogP contribution in [-0.2, 0) is 11.2 Å². The number of hydrogen-bond donors (Lipinski definition) is 0. The van der Waals surface area contributed by atoms with Crippen molar-refractivity contribution < 1.29 is 9.53 Å². The van der Waals surface area contributed by atoms with Crippen LogP contribution in [0.2, 0.25) is 0 Å². The maximum Gasteiger partial charge on any atom is 0.354 e. The molecule has 0 N–H and O–H groups in total. The molecule has 27 heavy (non-hydrogen) atoms. The minimum atomic E-state index is -0.634. The molecule has 0 radical (unpaired) electrons. The van der Waals surface area contributed by atoms with Crippen molar-refractivity contribution in [2.75, 3.05) is 0 Å². The number of aryl methyl sites for hydroxylation is 2. The molecule has 3 heteroatoms. The van der Waals surface area contributed by atoms with Gasteiger partial charge in [0.1, 0.15) is 17.4 Å². The summed E-state index contributed by atoms with van der Waals surface area (Å²) in [5.74, 6) is -0.176. The monoisotopic (exact) mass is 361 g/mol. The Labute approximate surface area is 162 Å². The Balaban J connectivity index is 1.92. The molecule has 2 aromatic rings. The van der Waals surface area contributed by atoms with Gasteiger partial charge in [0, 0.05) is 0 Å². The van der Waals surface area contributed by atoms with E-state index in [0.29, 0.717) is 5.75 Å². The molecule has 0 aromatic heterocycles. The van der Waals surface area contributed by atoms with E-state index in [1.807, 2.05) is 49.4 Å². The Morgan fingerprint density at radius 2 is 1.67 bits per heavy atom. The topological polar surface area (TPSA) is 50.1 Å². The van der Waals surface area contributed by atoms with Gasteiger partial charge in [-0.3, -0.25) is 0 Å². The van der Waals surface area contributed by atoms with Crippen molar-refractivity contribution in [1.29, 1.82) is 5.26 Å². The number of unbranched alkanes of at least 4 members (excludes halogenated alkanes) is 4. The van der Waals surface area contributed by atoms with Crippen LogP contribution in [0.3, 0.4) is 0 Å². The number of esters is 1. The zero-order valence-corrected chi connectivity index (χ0v) is 16.2. The number of nitrogens with zero attached hydrogens (tertiary/aromatic N) is 1. The van der Waals surface area contributed by atoms with Crippen molar-refractivity contribution in [2.24, 2.45) is 0 Å². The van der Waals surface area contributed by atoms with Gasteiger partial charge in [0.05, 0.1) is 0 Å². The molecule has 0 unspecified atom stereocenters. The Kier molecular flexibility index (Phi) is 8.32. The van der Waals surface area contributed by atoms with Crippen molar-refractivity contribution in [2.45, 2.75) is 52.4 Å². The molecule has 0 fully saturated rings. The highest BCUT2D eigenvalue weighted by Crippen LogP contribution is 2.17. The van der Waals surface area contributed by atoms with Crippen LogP contribution in [0.4, 0.5) is 0 Å². The van der Waals surface area contributed by atoms with E-state index >= 15 is 0 Å². The predicted molar refractivity (Wildman–Crippen MR) is 109 cm³/mol. The lowest BCUT2D eigenvalue weighted by atomic mass is 10.1. The number of ether oxygens (including phenoxy) is 1. The number of nitriles is 1. The van der Waals surface area contributed by atoms with E-state index in [1.165, 1.54) is 37.7 Å². The van der Waals surface area contributed by atoms with Crippen LogP contribution in [0.15, 0.2) is 54.1 Å². The number of hydrogen-bond acceptors (Lipinski definition) is 3. The molecule has 0 aliphatic heterocycles. The van der Waals surface area contributed by atoms with E-state index in [-0.39, 0.29) is 5.57 Å². The van der Waals surface area contributed by atoms with Gasteiger partial charge in [-0.05, 0) is 49.1 Å². The number of benzene rings is 2. The minimum Gasteiger partial charge on any atom is -0.422 e. The summed E-state index contributed by atoms with van der Waals surface area (Å²) in [6.07, 6.45) is 8.85. The second-order valence-corrected chi connectivity index (χ2v) is 6.78. The van der Waals surface area contributed by atoms with Crippen LogP contribution in [0.1, 0.15) is 55.7 Å². The first kappa shape index (κ1) is 20.5. The molecular formula is C24H27NO2. The molecule has 3 nitrogen and oxygen atoms in total. The molecule has 0 spiro atoms. The summed E-state index contributed by atoms with van der Waals surface area (Å²) < 4.78 is 5.35. The van der Waals surface area contributed by atoms with Gasteiger partial charge < -0.3 is 4.74 Å². The lowest BCUT2D eigenvalue weighted by molar-refractivity contribution is -0.129. The summed E-state index contributed by atoms with van der Waals surface area (Å²) in [5.41, 5.74) is 3.15. The SMILES string of the molecule is CCCCCCCc1ccc(OC(=O)C(C#N)=Cc2ccc(C)cc2)cc1. The second-order valence-electron chi connectivity index (χ2n) is 6.78. The molecule has 0 amide bonds. The maximum absolute atomic E-state index is 12.3. The van der Waals surface area contributed by atoms with Crippen molar-refractivity contribution in [3.8, 4) is 11.8 Å². The van der Waals surface area contributed by atoms with Gasteiger partial charge in [-0.2, -0.15) is 5.26 Å². The smallest absolute Gasteiger partial charge is 0.354 e. The first-order valence-electron chi connectivity index (χ1n) is 9.62. The zero-order chi connectivity index (χ0) is 19.5. The fourth-order valence-corrected chi connectivity index (χ4v) is 2.79. The molecule has 0 heterocycles. The van der Waals surface area contributed by atoms with Crippen LogP contribution in [-0.4, -0.2) is 5.97 Å². The van der Waals surface area contributed by atoms with Gasteiger partial charge in [0.2, 0.25) is 0 Å². The Bertz CT molecular complexity index is 796. The third-order valence-electron chi connectivity index (χ3n) is 4.43. The average molecular weight is 361 g/mol. The summed E-state index contributed by atoms with van der Waals surface area (Å²) in [5, 5.41) is 9.27. The van der Waals surface area contributed by atoms with Gasteiger partial charge in [-0.1, -0.05) is 74.6 Å². The largest absolute Gasteiger partial charge is 0.422 e.